The first-order valence-corrected chi connectivity index (χ1v) is 6.75. The Balaban J connectivity index is 2.34. The molecular formula is C12H4Cl2F2N2S. The minimum Gasteiger partial charge on any atom is -0.224 e. The molecule has 0 saturated carbocycles. The minimum atomic E-state index is -0.784. The van der Waals surface area contributed by atoms with Crippen molar-refractivity contribution < 1.29 is 8.78 Å². The van der Waals surface area contributed by atoms with Gasteiger partial charge in [0.1, 0.15) is 16.5 Å². The van der Waals surface area contributed by atoms with Gasteiger partial charge in [-0.2, -0.15) is 0 Å². The second kappa shape index (κ2) is 4.67. The van der Waals surface area contributed by atoms with Crippen molar-refractivity contribution in [2.45, 2.75) is 0 Å². The lowest BCUT2D eigenvalue weighted by Crippen LogP contribution is -1.94. The van der Waals surface area contributed by atoms with E-state index in [9.17, 15) is 8.78 Å². The Morgan fingerprint density at radius 1 is 1.11 bits per heavy atom. The van der Waals surface area contributed by atoms with Crippen molar-refractivity contribution in [3.8, 4) is 10.7 Å². The Morgan fingerprint density at radius 3 is 2.58 bits per heavy atom. The maximum atomic E-state index is 13.7. The number of hydrogen-bond acceptors (Lipinski definition) is 3. The van der Waals surface area contributed by atoms with Crippen LogP contribution in [-0.2, 0) is 0 Å². The first-order chi connectivity index (χ1) is 9.06. The fraction of sp³-hybridized carbons (Fsp3) is 0. The van der Waals surface area contributed by atoms with E-state index in [-0.39, 0.29) is 21.9 Å². The summed E-state index contributed by atoms with van der Waals surface area (Å²) in [5, 5.41) is 2.35. The number of rotatable bonds is 1. The molecule has 1 aromatic carbocycles. The van der Waals surface area contributed by atoms with Gasteiger partial charge in [-0.1, -0.05) is 23.2 Å². The van der Waals surface area contributed by atoms with Gasteiger partial charge < -0.3 is 0 Å². The molecule has 2 aromatic heterocycles. The molecule has 0 aliphatic carbocycles. The summed E-state index contributed by atoms with van der Waals surface area (Å²) in [4.78, 5) is 8.69. The van der Waals surface area contributed by atoms with E-state index in [1.165, 1.54) is 11.3 Å². The van der Waals surface area contributed by atoms with Crippen LogP contribution in [0.5, 0.6) is 0 Å². The highest BCUT2D eigenvalue weighted by atomic mass is 35.5. The molecule has 0 aliphatic rings. The highest BCUT2D eigenvalue weighted by Crippen LogP contribution is 2.34. The first-order valence-electron chi connectivity index (χ1n) is 5.12. The quantitative estimate of drug-likeness (QED) is 0.594. The van der Waals surface area contributed by atoms with Gasteiger partial charge in [-0.15, -0.1) is 11.3 Å². The molecule has 0 atom stereocenters. The molecule has 19 heavy (non-hydrogen) atoms. The largest absolute Gasteiger partial charge is 0.224 e. The van der Waals surface area contributed by atoms with Gasteiger partial charge in [-0.05, 0) is 17.5 Å². The van der Waals surface area contributed by atoms with E-state index in [0.717, 1.165) is 12.1 Å². The highest BCUT2D eigenvalue weighted by molar-refractivity contribution is 7.14. The predicted molar refractivity (Wildman–Crippen MR) is 72.8 cm³/mol. The Labute approximate surface area is 120 Å². The van der Waals surface area contributed by atoms with E-state index < -0.39 is 11.6 Å². The second-order valence-electron chi connectivity index (χ2n) is 3.72. The van der Waals surface area contributed by atoms with Crippen LogP contribution in [0.1, 0.15) is 0 Å². The molecule has 0 saturated heterocycles. The second-order valence-corrected chi connectivity index (χ2v) is 5.40. The molecule has 0 spiro atoms. The monoisotopic (exact) mass is 316 g/mol. The normalized spacial score (nSPS) is 11.2. The van der Waals surface area contributed by atoms with Crippen LogP contribution in [0.4, 0.5) is 8.78 Å². The maximum Gasteiger partial charge on any atom is 0.173 e. The zero-order valence-corrected chi connectivity index (χ0v) is 11.5. The number of thiophene rings is 1. The van der Waals surface area contributed by atoms with E-state index in [1.807, 2.05) is 0 Å². The molecule has 0 fully saturated rings. The molecule has 7 heteroatoms. The number of fused-ring (bicyclic) bond motifs is 1. The highest BCUT2D eigenvalue weighted by Gasteiger charge is 2.15. The van der Waals surface area contributed by atoms with Gasteiger partial charge in [0.25, 0.3) is 0 Å². The predicted octanol–water partition coefficient (Wildman–Crippen LogP) is 4.94. The SMILES string of the molecule is Fc1cc(F)c2nc(-c3sccc3Cl)nc(Cl)c2c1. The molecule has 0 N–H and O–H groups in total. The Morgan fingerprint density at radius 2 is 1.89 bits per heavy atom. The molecule has 2 heterocycles. The van der Waals surface area contributed by atoms with Crippen molar-refractivity contribution in [3.63, 3.8) is 0 Å². The van der Waals surface area contributed by atoms with Gasteiger partial charge in [0.2, 0.25) is 0 Å². The van der Waals surface area contributed by atoms with Crippen molar-refractivity contribution in [3.05, 3.63) is 45.4 Å². The van der Waals surface area contributed by atoms with Gasteiger partial charge in [0, 0.05) is 11.5 Å². The number of halogens is 4. The zero-order chi connectivity index (χ0) is 13.6. The molecule has 3 rings (SSSR count). The van der Waals surface area contributed by atoms with E-state index in [2.05, 4.69) is 9.97 Å². The van der Waals surface area contributed by atoms with Gasteiger partial charge in [-0.25, -0.2) is 18.7 Å². The molecule has 0 aliphatic heterocycles. The third-order valence-corrected chi connectivity index (χ3v) is 4.12. The van der Waals surface area contributed by atoms with Crippen LogP contribution in [0.3, 0.4) is 0 Å². The summed E-state index contributed by atoms with van der Waals surface area (Å²) < 4.78 is 26.9. The van der Waals surface area contributed by atoms with Crippen LogP contribution < -0.4 is 0 Å². The van der Waals surface area contributed by atoms with Crippen molar-refractivity contribution in [1.29, 1.82) is 0 Å². The third-order valence-electron chi connectivity index (χ3n) is 2.49. The summed E-state index contributed by atoms with van der Waals surface area (Å²) in [6.45, 7) is 0. The van der Waals surface area contributed by atoms with Gasteiger partial charge >= 0.3 is 0 Å². The van der Waals surface area contributed by atoms with Crippen molar-refractivity contribution in [2.75, 3.05) is 0 Å². The summed E-state index contributed by atoms with van der Waals surface area (Å²) in [5.74, 6) is -1.28. The smallest absolute Gasteiger partial charge is 0.173 e. The van der Waals surface area contributed by atoms with E-state index in [1.54, 1.807) is 11.4 Å². The zero-order valence-electron chi connectivity index (χ0n) is 9.12. The van der Waals surface area contributed by atoms with Crippen molar-refractivity contribution >= 4 is 45.4 Å². The van der Waals surface area contributed by atoms with Gasteiger partial charge in [0.05, 0.1) is 9.90 Å². The van der Waals surface area contributed by atoms with Crippen LogP contribution in [0.25, 0.3) is 21.6 Å². The minimum absolute atomic E-state index is 0.0112. The van der Waals surface area contributed by atoms with Crippen LogP contribution in [-0.4, -0.2) is 9.97 Å². The Hall–Kier alpha value is -1.30. The lowest BCUT2D eigenvalue weighted by Gasteiger charge is -2.04. The summed E-state index contributed by atoms with van der Waals surface area (Å²) in [6.07, 6.45) is 0. The number of aromatic nitrogens is 2. The molecule has 96 valence electrons. The molecule has 2 nitrogen and oxygen atoms in total. The van der Waals surface area contributed by atoms with Gasteiger partial charge in [-0.3, -0.25) is 0 Å². The van der Waals surface area contributed by atoms with E-state index in [0.29, 0.717) is 9.90 Å². The first kappa shape index (κ1) is 12.7. The average molecular weight is 317 g/mol. The lowest BCUT2D eigenvalue weighted by molar-refractivity contribution is 0.590. The third kappa shape index (κ3) is 2.18. The molecule has 0 unspecified atom stereocenters. The van der Waals surface area contributed by atoms with Crippen LogP contribution in [0, 0.1) is 11.6 Å². The molecule has 0 amide bonds. The van der Waals surface area contributed by atoms with Crippen LogP contribution >= 0.6 is 34.5 Å². The molecule has 3 aromatic rings. The topological polar surface area (TPSA) is 25.8 Å². The standard InChI is InChI=1S/C12H4Cl2F2N2S/c13-7-1-2-19-10(7)12-17-9-6(11(14)18-12)3-5(15)4-8(9)16/h1-4H. The molecule has 0 radical (unpaired) electrons. The number of hydrogen-bond donors (Lipinski definition) is 0. The molecule has 0 bridgehead atoms. The summed E-state index contributed by atoms with van der Waals surface area (Å²) in [5.41, 5.74) is -0.0270. The van der Waals surface area contributed by atoms with Crippen LogP contribution in [0.2, 0.25) is 10.2 Å². The Bertz CT molecular complexity index is 789. The van der Waals surface area contributed by atoms with Crippen LogP contribution in [0.15, 0.2) is 23.6 Å². The van der Waals surface area contributed by atoms with E-state index in [4.69, 9.17) is 23.2 Å². The summed E-state index contributed by atoms with van der Waals surface area (Å²) in [7, 11) is 0. The lowest BCUT2D eigenvalue weighted by atomic mass is 10.2. The van der Waals surface area contributed by atoms with Crippen molar-refractivity contribution in [1.82, 2.24) is 9.97 Å². The number of nitrogens with zero attached hydrogens (tertiary/aromatic N) is 2. The fourth-order valence-electron chi connectivity index (χ4n) is 1.68. The number of benzene rings is 1. The Kier molecular flexibility index (Phi) is 3.12. The van der Waals surface area contributed by atoms with Gasteiger partial charge in [0.15, 0.2) is 11.6 Å². The maximum absolute atomic E-state index is 13.7. The summed E-state index contributed by atoms with van der Waals surface area (Å²) in [6, 6.07) is 3.54. The average Bonchev–Trinajstić information content (AvgIpc) is 2.76. The molecular weight excluding hydrogens is 313 g/mol. The van der Waals surface area contributed by atoms with E-state index >= 15 is 0 Å². The fourth-order valence-corrected chi connectivity index (χ4v) is 2.97. The summed E-state index contributed by atoms with van der Waals surface area (Å²) >= 11 is 13.2. The van der Waals surface area contributed by atoms with Crippen molar-refractivity contribution in [2.24, 2.45) is 0 Å².